The van der Waals surface area contributed by atoms with Crippen LogP contribution < -0.4 is 15.0 Å². The number of methoxy groups -OCH3 is 2. The lowest BCUT2D eigenvalue weighted by molar-refractivity contribution is -0.136. The number of carbonyl (C=O) groups excluding carboxylic acids is 1. The van der Waals surface area contributed by atoms with E-state index in [2.05, 4.69) is 5.32 Å². The first-order valence-electron chi connectivity index (χ1n) is 8.26. The molecule has 0 saturated heterocycles. The molecule has 2 aromatic carbocycles. The van der Waals surface area contributed by atoms with Crippen LogP contribution >= 0.6 is 12.2 Å². The Labute approximate surface area is 162 Å². The summed E-state index contributed by atoms with van der Waals surface area (Å²) in [5, 5.41) is 3.51. The number of rotatable bonds is 4. The van der Waals surface area contributed by atoms with Crippen LogP contribution in [0.5, 0.6) is 5.75 Å². The minimum absolute atomic E-state index is 0.350. The number of hydrogen-bond acceptors (Lipinski definition) is 4. The first-order chi connectivity index (χ1) is 13.0. The van der Waals surface area contributed by atoms with Crippen molar-refractivity contribution in [3.8, 4) is 5.75 Å². The Kier molecular flexibility index (Phi) is 5.41. The molecule has 0 fully saturated rings. The van der Waals surface area contributed by atoms with E-state index in [1.807, 2.05) is 24.3 Å². The summed E-state index contributed by atoms with van der Waals surface area (Å²) in [5.74, 6) is -0.305. The maximum atomic E-state index is 13.7. The van der Waals surface area contributed by atoms with Crippen molar-refractivity contribution in [2.45, 2.75) is 13.0 Å². The van der Waals surface area contributed by atoms with E-state index in [0.29, 0.717) is 33.4 Å². The summed E-state index contributed by atoms with van der Waals surface area (Å²) in [4.78, 5) is 14.3. The van der Waals surface area contributed by atoms with Crippen molar-refractivity contribution in [3.63, 3.8) is 0 Å². The first-order valence-corrected chi connectivity index (χ1v) is 8.67. The molecule has 5 nitrogen and oxygen atoms in total. The molecule has 0 bridgehead atoms. The van der Waals surface area contributed by atoms with E-state index < -0.39 is 17.8 Å². The fourth-order valence-corrected chi connectivity index (χ4v) is 3.51. The van der Waals surface area contributed by atoms with Crippen LogP contribution in [0.2, 0.25) is 0 Å². The van der Waals surface area contributed by atoms with Gasteiger partial charge in [0.2, 0.25) is 0 Å². The van der Waals surface area contributed by atoms with Crippen LogP contribution in [0.1, 0.15) is 18.5 Å². The van der Waals surface area contributed by atoms with Gasteiger partial charge in [-0.15, -0.1) is 0 Å². The largest absolute Gasteiger partial charge is 0.495 e. The predicted octanol–water partition coefficient (Wildman–Crippen LogP) is 3.72. The summed E-state index contributed by atoms with van der Waals surface area (Å²) >= 11 is 5.56. The fourth-order valence-electron chi connectivity index (χ4n) is 3.16. The number of hydrogen-bond donors (Lipinski definition) is 1. The number of anilines is 1. The van der Waals surface area contributed by atoms with Gasteiger partial charge in [0.05, 0.1) is 31.5 Å². The Morgan fingerprint density at radius 3 is 2.59 bits per heavy atom. The molecule has 27 heavy (non-hydrogen) atoms. The van der Waals surface area contributed by atoms with E-state index >= 15 is 0 Å². The van der Waals surface area contributed by atoms with E-state index in [9.17, 15) is 9.18 Å². The third kappa shape index (κ3) is 3.50. The third-order valence-electron chi connectivity index (χ3n) is 4.40. The second-order valence-electron chi connectivity index (χ2n) is 5.94. The monoisotopic (exact) mass is 386 g/mol. The number of ether oxygens (including phenoxy) is 2. The molecule has 2 aromatic rings. The molecule has 1 atom stereocenters. The number of thiocarbonyl (C=S) groups is 1. The minimum atomic E-state index is -0.619. The molecular formula is C20H19FN2O3S. The zero-order valence-corrected chi connectivity index (χ0v) is 16.0. The highest BCUT2D eigenvalue weighted by Crippen LogP contribution is 2.37. The number of para-hydroxylation sites is 2. The Hall–Kier alpha value is -2.93. The number of benzene rings is 2. The smallest absolute Gasteiger partial charge is 0.337 e. The van der Waals surface area contributed by atoms with Crippen molar-refractivity contribution in [3.05, 3.63) is 71.2 Å². The van der Waals surface area contributed by atoms with E-state index in [1.165, 1.54) is 19.2 Å². The maximum absolute atomic E-state index is 13.7. The second kappa shape index (κ2) is 7.75. The molecule has 0 saturated carbocycles. The minimum Gasteiger partial charge on any atom is -0.495 e. The van der Waals surface area contributed by atoms with Crippen LogP contribution in [0, 0.1) is 5.82 Å². The lowest BCUT2D eigenvalue weighted by Gasteiger charge is -2.37. The van der Waals surface area contributed by atoms with Crippen LogP contribution in [0.25, 0.3) is 0 Å². The number of allylic oxidation sites excluding steroid dienone is 1. The maximum Gasteiger partial charge on any atom is 0.337 e. The fraction of sp³-hybridized carbons (Fsp3) is 0.200. The molecule has 7 heteroatoms. The predicted molar refractivity (Wildman–Crippen MR) is 105 cm³/mol. The molecule has 1 N–H and O–H groups in total. The number of halogens is 1. The van der Waals surface area contributed by atoms with Crippen LogP contribution in [0.3, 0.4) is 0 Å². The van der Waals surface area contributed by atoms with Crippen molar-refractivity contribution in [2.75, 3.05) is 19.1 Å². The highest BCUT2D eigenvalue weighted by molar-refractivity contribution is 7.80. The summed E-state index contributed by atoms with van der Waals surface area (Å²) in [5.41, 5.74) is 2.21. The van der Waals surface area contributed by atoms with E-state index in [0.717, 1.165) is 0 Å². The van der Waals surface area contributed by atoms with Gasteiger partial charge in [0.15, 0.2) is 5.11 Å². The molecule has 1 heterocycles. The van der Waals surface area contributed by atoms with E-state index in [1.54, 1.807) is 31.1 Å². The lowest BCUT2D eigenvalue weighted by Crippen LogP contribution is -2.48. The topological polar surface area (TPSA) is 50.8 Å². The summed E-state index contributed by atoms with van der Waals surface area (Å²) < 4.78 is 24.2. The normalized spacial score (nSPS) is 16.8. The standard InChI is InChI=1S/C20H19FN2O3S/c1-12-17(19(24)26-3)18(13-7-6-8-14(21)11-13)22-20(27)23(12)15-9-4-5-10-16(15)25-2/h4-11,18H,1-3H3,(H,22,27)/t18-/m1/s1. The van der Waals surface area contributed by atoms with Crippen molar-refractivity contribution in [2.24, 2.45) is 0 Å². The van der Waals surface area contributed by atoms with E-state index in [4.69, 9.17) is 21.7 Å². The van der Waals surface area contributed by atoms with E-state index in [-0.39, 0.29) is 0 Å². The summed E-state index contributed by atoms with van der Waals surface area (Å²) in [6.07, 6.45) is 0. The highest BCUT2D eigenvalue weighted by Gasteiger charge is 2.36. The van der Waals surface area contributed by atoms with Gasteiger partial charge < -0.3 is 14.8 Å². The molecule has 1 aliphatic rings. The third-order valence-corrected chi connectivity index (χ3v) is 4.70. The van der Waals surface area contributed by atoms with Gasteiger partial charge in [-0.05, 0) is 49.0 Å². The Morgan fingerprint density at radius 2 is 1.93 bits per heavy atom. The van der Waals surface area contributed by atoms with Crippen LogP contribution in [0.15, 0.2) is 59.8 Å². The van der Waals surface area contributed by atoms with Crippen LogP contribution in [-0.2, 0) is 9.53 Å². The molecule has 1 aliphatic heterocycles. The Morgan fingerprint density at radius 1 is 1.19 bits per heavy atom. The SMILES string of the molecule is COC(=O)C1=C(C)N(c2ccccc2OC)C(=S)N[C@@H]1c1cccc(F)c1. The molecular weight excluding hydrogens is 367 g/mol. The van der Waals surface area contributed by atoms with Crippen molar-refractivity contribution in [1.82, 2.24) is 5.32 Å². The van der Waals surface area contributed by atoms with Gasteiger partial charge >= 0.3 is 5.97 Å². The molecule has 0 aliphatic carbocycles. The van der Waals surface area contributed by atoms with Gasteiger partial charge in [0.25, 0.3) is 0 Å². The summed E-state index contributed by atoms with van der Waals surface area (Å²) in [6, 6.07) is 12.8. The quantitative estimate of drug-likeness (QED) is 0.639. The van der Waals surface area contributed by atoms with Gasteiger partial charge in [0, 0.05) is 5.70 Å². The number of nitrogens with one attached hydrogen (secondary N) is 1. The summed E-state index contributed by atoms with van der Waals surface area (Å²) in [6.45, 7) is 1.78. The van der Waals surface area contributed by atoms with Crippen molar-refractivity contribution < 1.29 is 18.7 Å². The zero-order chi connectivity index (χ0) is 19.6. The van der Waals surface area contributed by atoms with Gasteiger partial charge in [-0.1, -0.05) is 24.3 Å². The molecule has 0 unspecified atom stereocenters. The van der Waals surface area contributed by atoms with Gasteiger partial charge in [-0.3, -0.25) is 4.90 Å². The summed E-state index contributed by atoms with van der Waals surface area (Å²) in [7, 11) is 2.88. The van der Waals surface area contributed by atoms with Crippen molar-refractivity contribution >= 4 is 29.0 Å². The lowest BCUT2D eigenvalue weighted by atomic mass is 9.94. The van der Waals surface area contributed by atoms with Crippen LogP contribution in [0.4, 0.5) is 10.1 Å². The molecule has 0 radical (unpaired) electrons. The van der Waals surface area contributed by atoms with Gasteiger partial charge in [-0.25, -0.2) is 9.18 Å². The van der Waals surface area contributed by atoms with Crippen LogP contribution in [-0.4, -0.2) is 25.3 Å². The molecule has 0 amide bonds. The first kappa shape index (κ1) is 18.8. The second-order valence-corrected chi connectivity index (χ2v) is 6.32. The number of esters is 1. The number of nitrogens with zero attached hydrogens (tertiary/aromatic N) is 1. The molecule has 140 valence electrons. The van der Waals surface area contributed by atoms with Gasteiger partial charge in [0.1, 0.15) is 11.6 Å². The molecule has 0 spiro atoms. The van der Waals surface area contributed by atoms with Gasteiger partial charge in [-0.2, -0.15) is 0 Å². The zero-order valence-electron chi connectivity index (χ0n) is 15.2. The molecule has 3 rings (SSSR count). The molecule has 0 aromatic heterocycles. The average molecular weight is 386 g/mol. The van der Waals surface area contributed by atoms with Crippen molar-refractivity contribution in [1.29, 1.82) is 0 Å². The average Bonchev–Trinajstić information content (AvgIpc) is 2.67. The Balaban J connectivity index is 2.18. The number of carbonyl (C=O) groups is 1. The highest BCUT2D eigenvalue weighted by atomic mass is 32.1. The Bertz CT molecular complexity index is 929.